The van der Waals surface area contributed by atoms with Crippen LogP contribution in [0.25, 0.3) is 0 Å². The Morgan fingerprint density at radius 3 is 2.77 bits per heavy atom. The highest BCUT2D eigenvalue weighted by Crippen LogP contribution is 2.65. The summed E-state index contributed by atoms with van der Waals surface area (Å²) in [5.41, 5.74) is 4.17. The Hall–Kier alpha value is -1.67. The summed E-state index contributed by atoms with van der Waals surface area (Å²) in [6.45, 7) is 10.3. The van der Waals surface area contributed by atoms with E-state index in [1.807, 2.05) is 0 Å². The van der Waals surface area contributed by atoms with Crippen LogP contribution in [0.5, 0.6) is 0 Å². The van der Waals surface area contributed by atoms with Gasteiger partial charge in [0.25, 0.3) is 0 Å². The average molecular weight is 549 g/mol. The standard InChI is InChI=1S/C31H43F3N2O3/c1-17-13-26-27(36(16-17)12-11-35-28(38)31(32,33)34)19(3)30(39-26)10-8-22-23-6-5-20-14-21(37)7-9-29(20,4)25(23)15-24(22)18(30)2/h5,17,19,22-23,25-27H,6-16H2,1-4H3,(H,35,38)/t17-,19+,22-,23-,25-,26+,27-,29-,30-/m0/s1. The minimum atomic E-state index is -4.85. The first-order valence-corrected chi connectivity index (χ1v) is 15.0. The maximum atomic E-state index is 12.7. The number of hydrogen-bond acceptors (Lipinski definition) is 4. The van der Waals surface area contributed by atoms with Crippen molar-refractivity contribution in [2.45, 2.75) is 103 Å². The Balaban J connectivity index is 1.24. The molecule has 39 heavy (non-hydrogen) atoms. The number of Topliss-reactive ketones (excluding diaryl/α,β-unsaturated/α-hetero) is 1. The Bertz CT molecular complexity index is 1110. The molecule has 0 aromatic carbocycles. The predicted molar refractivity (Wildman–Crippen MR) is 142 cm³/mol. The highest BCUT2D eigenvalue weighted by molar-refractivity contribution is 5.83. The van der Waals surface area contributed by atoms with Gasteiger partial charge >= 0.3 is 12.1 Å². The molecule has 9 atom stereocenters. The molecule has 8 heteroatoms. The number of carbonyl (C=O) groups is 2. The van der Waals surface area contributed by atoms with Crippen molar-refractivity contribution in [3.63, 3.8) is 0 Å². The lowest BCUT2D eigenvalue weighted by atomic mass is 9.57. The van der Waals surface area contributed by atoms with Crippen LogP contribution in [0.15, 0.2) is 22.8 Å². The van der Waals surface area contributed by atoms with Crippen LogP contribution in [0.4, 0.5) is 13.2 Å². The van der Waals surface area contributed by atoms with Crippen molar-refractivity contribution in [2.75, 3.05) is 19.6 Å². The van der Waals surface area contributed by atoms with Crippen LogP contribution >= 0.6 is 0 Å². The molecule has 4 fully saturated rings. The zero-order chi connectivity index (χ0) is 27.9. The van der Waals surface area contributed by atoms with Gasteiger partial charge in [0.1, 0.15) is 5.78 Å². The fraction of sp³-hybridized carbons (Fsp3) is 0.806. The zero-order valence-electron chi connectivity index (χ0n) is 23.7. The van der Waals surface area contributed by atoms with Crippen molar-refractivity contribution in [3.8, 4) is 0 Å². The molecule has 216 valence electrons. The van der Waals surface area contributed by atoms with E-state index in [1.54, 1.807) is 5.57 Å². The number of hydrogen-bond donors (Lipinski definition) is 1. The van der Waals surface area contributed by atoms with Crippen LogP contribution in [-0.4, -0.2) is 60.1 Å². The van der Waals surface area contributed by atoms with E-state index < -0.39 is 12.1 Å². The molecule has 0 aromatic rings. The molecule has 0 bridgehead atoms. The fourth-order valence-corrected chi connectivity index (χ4v) is 9.97. The number of nitrogens with one attached hydrogen (secondary N) is 1. The molecule has 2 heterocycles. The largest absolute Gasteiger partial charge is 0.471 e. The normalized spacial score (nSPS) is 44.0. The maximum Gasteiger partial charge on any atom is 0.471 e. The molecule has 4 aliphatic carbocycles. The number of fused-ring (bicyclic) bond motifs is 6. The summed E-state index contributed by atoms with van der Waals surface area (Å²) in [5.74, 6) is 0.926. The van der Waals surface area contributed by atoms with E-state index in [0.717, 1.165) is 45.1 Å². The van der Waals surface area contributed by atoms with E-state index in [1.165, 1.54) is 11.1 Å². The number of allylic oxidation sites excluding steroid dienone is 3. The molecule has 6 rings (SSSR count). The second-order valence-electron chi connectivity index (χ2n) is 13.8. The van der Waals surface area contributed by atoms with Gasteiger partial charge in [0.05, 0.1) is 11.7 Å². The van der Waals surface area contributed by atoms with E-state index in [-0.39, 0.29) is 35.6 Å². The Labute approximate surface area is 230 Å². The number of likely N-dealkylation sites (tertiary alicyclic amines) is 1. The van der Waals surface area contributed by atoms with Gasteiger partial charge in [-0.25, -0.2) is 0 Å². The molecule has 1 amide bonds. The maximum absolute atomic E-state index is 12.7. The number of nitrogens with zero attached hydrogens (tertiary/aromatic N) is 1. The van der Waals surface area contributed by atoms with Gasteiger partial charge in [0.15, 0.2) is 0 Å². The summed E-state index contributed by atoms with van der Waals surface area (Å²) in [4.78, 5) is 25.9. The quantitative estimate of drug-likeness (QED) is 0.467. The van der Waals surface area contributed by atoms with Gasteiger partial charge in [-0.15, -0.1) is 0 Å². The molecule has 0 aromatic heterocycles. The third kappa shape index (κ3) is 4.25. The van der Waals surface area contributed by atoms with Crippen molar-refractivity contribution < 1.29 is 27.5 Å². The van der Waals surface area contributed by atoms with Crippen molar-refractivity contribution in [1.82, 2.24) is 10.2 Å². The average Bonchev–Trinajstić information content (AvgIpc) is 3.38. The van der Waals surface area contributed by atoms with Crippen LogP contribution in [-0.2, 0) is 14.3 Å². The van der Waals surface area contributed by atoms with Crippen molar-refractivity contribution >= 4 is 11.7 Å². The summed E-state index contributed by atoms with van der Waals surface area (Å²) < 4.78 is 45.2. The summed E-state index contributed by atoms with van der Waals surface area (Å²) >= 11 is 0. The van der Waals surface area contributed by atoms with Crippen molar-refractivity contribution in [2.24, 2.45) is 35.0 Å². The van der Waals surface area contributed by atoms with Crippen LogP contribution in [0.3, 0.4) is 0 Å². The van der Waals surface area contributed by atoms with Gasteiger partial charge in [0.2, 0.25) is 0 Å². The van der Waals surface area contributed by atoms with E-state index in [2.05, 4.69) is 44.0 Å². The van der Waals surface area contributed by atoms with Gasteiger partial charge in [-0.1, -0.05) is 38.0 Å². The van der Waals surface area contributed by atoms with Crippen LogP contribution in [0.2, 0.25) is 0 Å². The molecule has 2 saturated carbocycles. The minimum absolute atomic E-state index is 0.0179. The Morgan fingerprint density at radius 2 is 2.03 bits per heavy atom. The number of rotatable bonds is 3. The summed E-state index contributed by atoms with van der Waals surface area (Å²) in [6, 6.07) is 0.134. The van der Waals surface area contributed by atoms with Crippen molar-refractivity contribution in [1.29, 1.82) is 0 Å². The van der Waals surface area contributed by atoms with E-state index in [9.17, 15) is 22.8 Å². The van der Waals surface area contributed by atoms with E-state index >= 15 is 0 Å². The molecule has 1 spiro atoms. The lowest BCUT2D eigenvalue weighted by molar-refractivity contribution is -0.173. The Morgan fingerprint density at radius 1 is 1.26 bits per heavy atom. The molecule has 2 aliphatic heterocycles. The smallest absolute Gasteiger partial charge is 0.365 e. The summed E-state index contributed by atoms with van der Waals surface area (Å²) in [5, 5.41) is 2.07. The highest BCUT2D eigenvalue weighted by Gasteiger charge is 2.61. The minimum Gasteiger partial charge on any atom is -0.365 e. The van der Waals surface area contributed by atoms with Crippen molar-refractivity contribution in [3.05, 3.63) is 22.8 Å². The number of amides is 1. The molecule has 0 radical (unpaired) electrons. The highest BCUT2D eigenvalue weighted by atomic mass is 19.4. The number of alkyl halides is 3. The number of carbonyl (C=O) groups excluding carboxylic acids is 2. The van der Waals surface area contributed by atoms with Gasteiger partial charge < -0.3 is 10.1 Å². The SMILES string of the molecule is CC1=C2C[C@H]3[C@@H](CC=C4CC(=O)CC[C@@]43C)[C@@H]2CC[C@]12O[C@@H]1C[C@H](C)CN(CCNC(=O)C(F)(F)F)[C@H]1[C@H]2C. The first kappa shape index (κ1) is 27.5. The zero-order valence-corrected chi connectivity index (χ0v) is 23.7. The third-order valence-corrected chi connectivity index (χ3v) is 11.9. The lowest BCUT2D eigenvalue weighted by Crippen LogP contribution is -2.54. The van der Waals surface area contributed by atoms with Gasteiger partial charge in [-0.3, -0.25) is 14.5 Å². The second kappa shape index (κ2) is 9.43. The first-order chi connectivity index (χ1) is 18.3. The molecule has 2 saturated heterocycles. The molecule has 5 nitrogen and oxygen atoms in total. The molecular weight excluding hydrogens is 505 g/mol. The van der Waals surface area contributed by atoms with E-state index in [4.69, 9.17) is 4.74 Å². The second-order valence-corrected chi connectivity index (χ2v) is 13.8. The molecule has 1 N–H and O–H groups in total. The topological polar surface area (TPSA) is 58.6 Å². The monoisotopic (exact) mass is 548 g/mol. The number of piperidine rings is 1. The van der Waals surface area contributed by atoms with Gasteiger partial charge in [-0.05, 0) is 80.1 Å². The van der Waals surface area contributed by atoms with Crippen LogP contribution in [0, 0.1) is 35.0 Å². The third-order valence-electron chi connectivity index (χ3n) is 11.9. The van der Waals surface area contributed by atoms with Crippen LogP contribution < -0.4 is 5.32 Å². The fourth-order valence-electron chi connectivity index (χ4n) is 9.97. The Kier molecular flexibility index (Phi) is 6.65. The lowest BCUT2D eigenvalue weighted by Gasteiger charge is -2.47. The summed E-state index contributed by atoms with van der Waals surface area (Å²) in [7, 11) is 0. The summed E-state index contributed by atoms with van der Waals surface area (Å²) in [6.07, 6.45) is 5.14. The number of halogens is 3. The first-order valence-electron chi connectivity index (χ1n) is 15.0. The van der Waals surface area contributed by atoms with E-state index in [0.29, 0.717) is 48.8 Å². The number of ether oxygens (including phenoxy) is 1. The predicted octanol–water partition coefficient (Wildman–Crippen LogP) is 5.60. The van der Waals surface area contributed by atoms with Gasteiger partial charge in [-0.2, -0.15) is 13.2 Å². The molecule has 6 aliphatic rings. The molecule has 0 unspecified atom stereocenters. The molecular formula is C31H43F3N2O3. The number of ketones is 1. The van der Waals surface area contributed by atoms with Crippen LogP contribution in [0.1, 0.15) is 79.1 Å². The van der Waals surface area contributed by atoms with Gasteiger partial charge in [0, 0.05) is 44.4 Å².